The Bertz CT molecular complexity index is 732. The first-order valence-electron chi connectivity index (χ1n) is 7.96. The van der Waals surface area contributed by atoms with Crippen molar-refractivity contribution in [1.29, 1.82) is 0 Å². The fourth-order valence-electron chi connectivity index (χ4n) is 2.36. The molecular formula is C19H20Cl2N2O2. The van der Waals surface area contributed by atoms with Crippen LogP contribution in [0.1, 0.15) is 18.1 Å². The highest BCUT2D eigenvalue weighted by Crippen LogP contribution is 2.17. The first-order valence-corrected chi connectivity index (χ1v) is 8.71. The summed E-state index contributed by atoms with van der Waals surface area (Å²) in [6.07, 6.45) is 0.280. The Morgan fingerprint density at radius 3 is 2.36 bits per heavy atom. The number of hydrogen-bond donors (Lipinski definition) is 1. The second-order valence-electron chi connectivity index (χ2n) is 5.69. The molecule has 0 fully saturated rings. The molecule has 6 heteroatoms. The lowest BCUT2D eigenvalue weighted by Crippen LogP contribution is -2.37. The molecular weight excluding hydrogens is 359 g/mol. The minimum Gasteiger partial charge on any atom is -0.354 e. The SMILES string of the molecule is CC(=O)N(CCNC(=O)Cc1ccc(Cl)cc1)Cc1ccccc1Cl. The molecule has 1 N–H and O–H groups in total. The van der Waals surface area contributed by atoms with E-state index in [4.69, 9.17) is 23.2 Å². The first kappa shape index (κ1) is 19.3. The molecule has 132 valence electrons. The highest BCUT2D eigenvalue weighted by molar-refractivity contribution is 6.31. The van der Waals surface area contributed by atoms with Crippen molar-refractivity contribution in [1.82, 2.24) is 10.2 Å². The van der Waals surface area contributed by atoms with Gasteiger partial charge in [-0.2, -0.15) is 0 Å². The van der Waals surface area contributed by atoms with Gasteiger partial charge in [0.1, 0.15) is 0 Å². The molecule has 2 amide bonds. The Labute approximate surface area is 157 Å². The third kappa shape index (κ3) is 6.40. The van der Waals surface area contributed by atoms with E-state index in [9.17, 15) is 9.59 Å². The molecule has 0 atom stereocenters. The summed E-state index contributed by atoms with van der Waals surface area (Å²) in [5.74, 6) is -0.157. The van der Waals surface area contributed by atoms with Crippen LogP contribution in [0, 0.1) is 0 Å². The quantitative estimate of drug-likeness (QED) is 0.798. The zero-order valence-electron chi connectivity index (χ0n) is 14.0. The molecule has 0 aliphatic heterocycles. The Morgan fingerprint density at radius 2 is 1.72 bits per heavy atom. The van der Waals surface area contributed by atoms with Gasteiger partial charge in [0.05, 0.1) is 6.42 Å². The first-order chi connectivity index (χ1) is 12.0. The van der Waals surface area contributed by atoms with Crippen LogP contribution in [0.15, 0.2) is 48.5 Å². The van der Waals surface area contributed by atoms with Crippen molar-refractivity contribution in [2.75, 3.05) is 13.1 Å². The summed E-state index contributed by atoms with van der Waals surface area (Å²) in [7, 11) is 0. The normalized spacial score (nSPS) is 10.4. The van der Waals surface area contributed by atoms with Gasteiger partial charge in [-0.1, -0.05) is 53.5 Å². The van der Waals surface area contributed by atoms with Crippen molar-refractivity contribution < 1.29 is 9.59 Å². The molecule has 0 unspecified atom stereocenters. The van der Waals surface area contributed by atoms with Crippen LogP contribution in [0.3, 0.4) is 0 Å². The van der Waals surface area contributed by atoms with Gasteiger partial charge < -0.3 is 10.2 Å². The van der Waals surface area contributed by atoms with Crippen LogP contribution in [0.4, 0.5) is 0 Å². The van der Waals surface area contributed by atoms with Crippen molar-refractivity contribution in [3.63, 3.8) is 0 Å². The zero-order valence-corrected chi connectivity index (χ0v) is 15.5. The summed E-state index contributed by atoms with van der Waals surface area (Å²) < 4.78 is 0. The summed E-state index contributed by atoms with van der Waals surface area (Å²) in [5.41, 5.74) is 1.77. The monoisotopic (exact) mass is 378 g/mol. The topological polar surface area (TPSA) is 49.4 Å². The van der Waals surface area contributed by atoms with Gasteiger partial charge in [0.2, 0.25) is 11.8 Å². The Hall–Kier alpha value is -2.04. The molecule has 0 spiro atoms. The molecule has 2 rings (SSSR count). The molecule has 2 aromatic rings. The average molecular weight is 379 g/mol. The van der Waals surface area contributed by atoms with E-state index in [0.717, 1.165) is 11.1 Å². The van der Waals surface area contributed by atoms with Crippen LogP contribution < -0.4 is 5.32 Å². The molecule has 0 aromatic heterocycles. The van der Waals surface area contributed by atoms with Crippen molar-refractivity contribution in [2.45, 2.75) is 19.9 Å². The average Bonchev–Trinajstić information content (AvgIpc) is 2.57. The minimum atomic E-state index is -0.0939. The number of halogens is 2. The van der Waals surface area contributed by atoms with Crippen LogP contribution >= 0.6 is 23.2 Å². The van der Waals surface area contributed by atoms with Crippen molar-refractivity contribution in [3.8, 4) is 0 Å². The number of benzene rings is 2. The fourth-order valence-corrected chi connectivity index (χ4v) is 2.68. The molecule has 0 heterocycles. The second-order valence-corrected chi connectivity index (χ2v) is 6.53. The van der Waals surface area contributed by atoms with Gasteiger partial charge in [-0.15, -0.1) is 0 Å². The van der Waals surface area contributed by atoms with E-state index in [0.29, 0.717) is 29.7 Å². The van der Waals surface area contributed by atoms with Crippen LogP contribution in [0.5, 0.6) is 0 Å². The van der Waals surface area contributed by atoms with Crippen LogP contribution in [-0.2, 0) is 22.6 Å². The van der Waals surface area contributed by atoms with Crippen LogP contribution in [0.25, 0.3) is 0 Å². The van der Waals surface area contributed by atoms with E-state index in [2.05, 4.69) is 5.32 Å². The number of nitrogens with zero attached hydrogens (tertiary/aromatic N) is 1. The highest BCUT2D eigenvalue weighted by Gasteiger charge is 2.12. The van der Waals surface area contributed by atoms with E-state index in [1.807, 2.05) is 30.3 Å². The van der Waals surface area contributed by atoms with Gasteiger partial charge in [-0.25, -0.2) is 0 Å². The summed E-state index contributed by atoms with van der Waals surface area (Å²) in [6.45, 7) is 2.73. The van der Waals surface area contributed by atoms with Crippen molar-refractivity contribution in [2.24, 2.45) is 0 Å². The maximum absolute atomic E-state index is 12.0. The lowest BCUT2D eigenvalue weighted by molar-refractivity contribution is -0.130. The lowest BCUT2D eigenvalue weighted by atomic mass is 10.1. The van der Waals surface area contributed by atoms with Gasteiger partial charge >= 0.3 is 0 Å². The van der Waals surface area contributed by atoms with Crippen molar-refractivity contribution >= 4 is 35.0 Å². The fraction of sp³-hybridized carbons (Fsp3) is 0.263. The highest BCUT2D eigenvalue weighted by atomic mass is 35.5. The van der Waals surface area contributed by atoms with Crippen molar-refractivity contribution in [3.05, 3.63) is 69.7 Å². The molecule has 0 aliphatic rings. The summed E-state index contributed by atoms with van der Waals surface area (Å²) >= 11 is 12.0. The van der Waals surface area contributed by atoms with Crippen LogP contribution in [-0.4, -0.2) is 29.8 Å². The Balaban J connectivity index is 1.82. The van der Waals surface area contributed by atoms with E-state index < -0.39 is 0 Å². The Kier molecular flexibility index (Phi) is 7.29. The molecule has 25 heavy (non-hydrogen) atoms. The molecule has 0 saturated heterocycles. The number of carbonyl (C=O) groups excluding carboxylic acids is 2. The van der Waals surface area contributed by atoms with Gasteiger partial charge in [0.15, 0.2) is 0 Å². The number of hydrogen-bond acceptors (Lipinski definition) is 2. The largest absolute Gasteiger partial charge is 0.354 e. The van der Waals surface area contributed by atoms with Gasteiger partial charge in [0.25, 0.3) is 0 Å². The number of amides is 2. The summed E-state index contributed by atoms with van der Waals surface area (Å²) in [4.78, 5) is 25.5. The number of carbonyl (C=O) groups is 2. The van der Waals surface area contributed by atoms with E-state index in [1.54, 1.807) is 23.1 Å². The maximum atomic E-state index is 12.0. The predicted molar refractivity (Wildman–Crippen MR) is 101 cm³/mol. The summed E-state index contributed by atoms with van der Waals surface area (Å²) in [6, 6.07) is 14.6. The summed E-state index contributed by atoms with van der Waals surface area (Å²) in [5, 5.41) is 4.10. The lowest BCUT2D eigenvalue weighted by Gasteiger charge is -2.22. The standard InChI is InChI=1S/C19H20Cl2N2O2/c1-14(24)23(13-16-4-2-3-5-18(16)21)11-10-22-19(25)12-15-6-8-17(20)9-7-15/h2-9H,10-13H2,1H3,(H,22,25). The second kappa shape index (κ2) is 9.44. The molecule has 4 nitrogen and oxygen atoms in total. The molecule has 0 radical (unpaired) electrons. The maximum Gasteiger partial charge on any atom is 0.224 e. The Morgan fingerprint density at radius 1 is 1.04 bits per heavy atom. The third-order valence-corrected chi connectivity index (χ3v) is 4.37. The predicted octanol–water partition coefficient (Wildman–Crippen LogP) is 3.70. The van der Waals surface area contributed by atoms with E-state index in [1.165, 1.54) is 6.92 Å². The van der Waals surface area contributed by atoms with Gasteiger partial charge in [-0.05, 0) is 29.3 Å². The van der Waals surface area contributed by atoms with Crippen LogP contribution in [0.2, 0.25) is 10.0 Å². The molecule has 0 aliphatic carbocycles. The number of nitrogens with one attached hydrogen (secondary N) is 1. The van der Waals surface area contributed by atoms with E-state index in [-0.39, 0.29) is 18.2 Å². The zero-order chi connectivity index (χ0) is 18.2. The molecule has 2 aromatic carbocycles. The minimum absolute atomic E-state index is 0.0631. The number of rotatable bonds is 7. The van der Waals surface area contributed by atoms with Gasteiger partial charge in [-0.3, -0.25) is 9.59 Å². The molecule has 0 bridgehead atoms. The van der Waals surface area contributed by atoms with E-state index >= 15 is 0 Å². The van der Waals surface area contributed by atoms with Gasteiger partial charge in [0, 0.05) is 36.6 Å². The smallest absolute Gasteiger partial charge is 0.224 e. The molecule has 0 saturated carbocycles. The third-order valence-electron chi connectivity index (χ3n) is 3.75.